The van der Waals surface area contributed by atoms with Gasteiger partial charge in [-0.25, -0.2) is 4.98 Å². The molecule has 4 rings (SSSR count). The lowest BCUT2D eigenvalue weighted by Gasteiger charge is -2.07. The van der Waals surface area contributed by atoms with Crippen molar-refractivity contribution in [2.24, 2.45) is 0 Å². The third-order valence-corrected chi connectivity index (χ3v) is 4.63. The Kier molecular flexibility index (Phi) is 3.71. The van der Waals surface area contributed by atoms with Crippen molar-refractivity contribution in [3.63, 3.8) is 0 Å². The molecule has 2 aromatic carbocycles. The summed E-state index contributed by atoms with van der Waals surface area (Å²) in [6.07, 6.45) is 2.42. The normalized spacial score (nSPS) is 13.9. The number of ether oxygens (including phenoxy) is 1. The van der Waals surface area contributed by atoms with Crippen molar-refractivity contribution in [1.82, 2.24) is 4.98 Å². The van der Waals surface area contributed by atoms with E-state index in [-0.39, 0.29) is 12.5 Å². The zero-order valence-corrected chi connectivity index (χ0v) is 13.3. The van der Waals surface area contributed by atoms with Gasteiger partial charge in [0.1, 0.15) is 5.75 Å². The van der Waals surface area contributed by atoms with Crippen molar-refractivity contribution in [3.8, 4) is 5.75 Å². The van der Waals surface area contributed by atoms with Crippen LogP contribution in [0.15, 0.2) is 47.8 Å². The number of fused-ring (bicyclic) bond motifs is 1. The number of nitrogens with zero attached hydrogens (tertiary/aromatic N) is 1. The van der Waals surface area contributed by atoms with Gasteiger partial charge in [0.05, 0.1) is 5.69 Å². The number of aromatic nitrogens is 1. The van der Waals surface area contributed by atoms with E-state index in [2.05, 4.69) is 10.3 Å². The van der Waals surface area contributed by atoms with Crippen LogP contribution in [0, 0.1) is 0 Å². The van der Waals surface area contributed by atoms with Crippen LogP contribution in [0.25, 0.3) is 10.8 Å². The second-order valence-electron chi connectivity index (χ2n) is 5.70. The summed E-state index contributed by atoms with van der Waals surface area (Å²) < 4.78 is 5.58. The molecule has 0 unspecified atom stereocenters. The quantitative estimate of drug-likeness (QED) is 0.765. The fourth-order valence-corrected chi connectivity index (χ4v) is 3.28. The lowest BCUT2D eigenvalue weighted by Crippen LogP contribution is -2.20. The van der Waals surface area contributed by atoms with Crippen LogP contribution in [-0.2, 0) is 4.79 Å². The van der Waals surface area contributed by atoms with Crippen LogP contribution in [0.4, 0.5) is 5.13 Å². The number of carbonyl (C=O) groups excluding carboxylic acids is 1. The van der Waals surface area contributed by atoms with E-state index < -0.39 is 0 Å². The molecule has 1 fully saturated rings. The number of rotatable bonds is 5. The van der Waals surface area contributed by atoms with E-state index in [0.29, 0.717) is 16.8 Å². The molecule has 1 aliphatic carbocycles. The van der Waals surface area contributed by atoms with E-state index >= 15 is 0 Å². The highest BCUT2D eigenvalue weighted by atomic mass is 32.1. The summed E-state index contributed by atoms with van der Waals surface area (Å²) in [5.74, 6) is 1.11. The van der Waals surface area contributed by atoms with Crippen molar-refractivity contribution < 1.29 is 9.53 Å². The van der Waals surface area contributed by atoms with Gasteiger partial charge >= 0.3 is 0 Å². The molecule has 3 aromatic rings. The highest BCUT2D eigenvalue weighted by molar-refractivity contribution is 7.13. The Morgan fingerprint density at radius 1 is 1.22 bits per heavy atom. The molecule has 4 nitrogen and oxygen atoms in total. The predicted molar refractivity (Wildman–Crippen MR) is 92.2 cm³/mol. The molecule has 0 atom stereocenters. The van der Waals surface area contributed by atoms with Crippen molar-refractivity contribution in [2.75, 3.05) is 11.9 Å². The molecule has 1 amide bonds. The van der Waals surface area contributed by atoms with Gasteiger partial charge < -0.3 is 4.74 Å². The Bertz CT molecular complexity index is 855. The average molecular weight is 324 g/mol. The topological polar surface area (TPSA) is 51.2 Å². The summed E-state index contributed by atoms with van der Waals surface area (Å²) in [4.78, 5) is 16.4. The van der Waals surface area contributed by atoms with Gasteiger partial charge in [0.2, 0.25) is 0 Å². The molecular formula is C18H16N2O2S. The average Bonchev–Trinajstić information content (AvgIpc) is 3.33. The highest BCUT2D eigenvalue weighted by Gasteiger charge is 2.26. The lowest BCUT2D eigenvalue weighted by atomic mass is 10.1. The maximum Gasteiger partial charge on any atom is 0.264 e. The molecule has 1 N–H and O–H groups in total. The number of nitrogens with one attached hydrogen (secondary N) is 1. The van der Waals surface area contributed by atoms with Crippen LogP contribution >= 0.6 is 11.3 Å². The first-order valence-corrected chi connectivity index (χ1v) is 8.53. The molecule has 0 radical (unpaired) electrons. The minimum Gasteiger partial charge on any atom is -0.484 e. The van der Waals surface area contributed by atoms with E-state index in [1.807, 2.05) is 47.8 Å². The number of anilines is 1. The molecule has 0 spiro atoms. The van der Waals surface area contributed by atoms with Gasteiger partial charge in [-0.2, -0.15) is 0 Å². The van der Waals surface area contributed by atoms with Gasteiger partial charge in [-0.3, -0.25) is 10.1 Å². The molecule has 1 heterocycles. The van der Waals surface area contributed by atoms with Crippen LogP contribution in [0.2, 0.25) is 0 Å². The fraction of sp³-hybridized carbons (Fsp3) is 0.222. The molecule has 0 saturated heterocycles. The Balaban J connectivity index is 1.36. The molecule has 0 aliphatic heterocycles. The Morgan fingerprint density at radius 3 is 2.87 bits per heavy atom. The number of thiazole rings is 1. The summed E-state index contributed by atoms with van der Waals surface area (Å²) in [5, 5.41) is 7.72. The lowest BCUT2D eigenvalue weighted by molar-refractivity contribution is -0.118. The summed E-state index contributed by atoms with van der Waals surface area (Å²) in [7, 11) is 0. The number of carbonyl (C=O) groups is 1. The molecule has 1 saturated carbocycles. The zero-order chi connectivity index (χ0) is 15.6. The maximum atomic E-state index is 12.0. The Labute approximate surface area is 138 Å². The Morgan fingerprint density at radius 2 is 2.04 bits per heavy atom. The van der Waals surface area contributed by atoms with Crippen molar-refractivity contribution >= 4 is 33.1 Å². The van der Waals surface area contributed by atoms with E-state index in [0.717, 1.165) is 16.5 Å². The largest absolute Gasteiger partial charge is 0.484 e. The second-order valence-corrected chi connectivity index (χ2v) is 6.56. The first-order chi connectivity index (χ1) is 11.3. The van der Waals surface area contributed by atoms with E-state index in [9.17, 15) is 4.79 Å². The monoisotopic (exact) mass is 324 g/mol. The van der Waals surface area contributed by atoms with Crippen LogP contribution in [0.5, 0.6) is 5.75 Å². The smallest absolute Gasteiger partial charge is 0.264 e. The van der Waals surface area contributed by atoms with Crippen LogP contribution in [0.3, 0.4) is 0 Å². The van der Waals surface area contributed by atoms with Gasteiger partial charge in [0, 0.05) is 11.3 Å². The summed E-state index contributed by atoms with van der Waals surface area (Å²) in [6, 6.07) is 13.9. The molecule has 116 valence electrons. The standard InChI is InChI=1S/C18H16N2O2S/c21-17(20-18-19-16(11-23-18)13-5-6-13)10-22-15-8-7-12-3-1-2-4-14(12)9-15/h1-4,7-9,11,13H,5-6,10H2,(H,19,20,21). The summed E-state index contributed by atoms with van der Waals surface area (Å²) in [5.41, 5.74) is 1.10. The minimum absolute atomic E-state index is 0.0172. The van der Waals surface area contributed by atoms with Crippen molar-refractivity contribution in [2.45, 2.75) is 18.8 Å². The predicted octanol–water partition coefficient (Wildman–Crippen LogP) is 4.19. The number of hydrogen-bond donors (Lipinski definition) is 1. The maximum absolute atomic E-state index is 12.0. The third kappa shape index (κ3) is 3.35. The number of amides is 1. The second kappa shape index (κ2) is 6.01. The van der Waals surface area contributed by atoms with Crippen LogP contribution in [0.1, 0.15) is 24.5 Å². The van der Waals surface area contributed by atoms with Gasteiger partial charge in [-0.05, 0) is 35.7 Å². The highest BCUT2D eigenvalue weighted by Crippen LogP contribution is 2.40. The third-order valence-electron chi connectivity index (χ3n) is 3.85. The van der Waals surface area contributed by atoms with Gasteiger partial charge in [0.25, 0.3) is 5.91 Å². The first kappa shape index (κ1) is 14.2. The van der Waals surface area contributed by atoms with Crippen molar-refractivity contribution in [3.05, 3.63) is 53.5 Å². The van der Waals surface area contributed by atoms with Gasteiger partial charge in [-0.15, -0.1) is 11.3 Å². The molecule has 1 aromatic heterocycles. The number of hydrogen-bond acceptors (Lipinski definition) is 4. The minimum atomic E-state index is -0.185. The van der Waals surface area contributed by atoms with Crippen LogP contribution < -0.4 is 10.1 Å². The SMILES string of the molecule is O=C(COc1ccc2ccccc2c1)Nc1nc(C2CC2)cs1. The van der Waals surface area contributed by atoms with E-state index in [1.54, 1.807) is 0 Å². The molecule has 5 heteroatoms. The van der Waals surface area contributed by atoms with Crippen LogP contribution in [-0.4, -0.2) is 17.5 Å². The first-order valence-electron chi connectivity index (χ1n) is 7.65. The number of benzene rings is 2. The van der Waals surface area contributed by atoms with E-state index in [4.69, 9.17) is 4.74 Å². The van der Waals surface area contributed by atoms with Crippen molar-refractivity contribution in [1.29, 1.82) is 0 Å². The molecular weight excluding hydrogens is 308 g/mol. The molecule has 23 heavy (non-hydrogen) atoms. The van der Waals surface area contributed by atoms with Gasteiger partial charge in [-0.1, -0.05) is 30.3 Å². The van der Waals surface area contributed by atoms with E-state index in [1.165, 1.54) is 24.2 Å². The molecule has 0 bridgehead atoms. The van der Waals surface area contributed by atoms with Gasteiger partial charge in [0.15, 0.2) is 11.7 Å². The Hall–Kier alpha value is -2.40. The molecule has 1 aliphatic rings. The summed E-state index contributed by atoms with van der Waals surface area (Å²) >= 11 is 1.47. The fourth-order valence-electron chi connectivity index (χ4n) is 2.47. The zero-order valence-electron chi connectivity index (χ0n) is 12.5. The summed E-state index contributed by atoms with van der Waals surface area (Å²) in [6.45, 7) is -0.0172.